The van der Waals surface area contributed by atoms with Gasteiger partial charge in [-0.25, -0.2) is 0 Å². The Bertz CT molecular complexity index is 560. The fraction of sp³-hybridized carbons (Fsp3) is 0.312. The normalized spacial score (nSPS) is 12.3. The van der Waals surface area contributed by atoms with E-state index in [-0.39, 0.29) is 0 Å². The lowest BCUT2D eigenvalue weighted by Crippen LogP contribution is -2.33. The molecule has 0 aliphatic heterocycles. The quantitative estimate of drug-likeness (QED) is 0.765. The van der Waals surface area contributed by atoms with E-state index < -0.39 is 0 Å². The van der Waals surface area contributed by atoms with Crippen LogP contribution in [0, 0.1) is 0 Å². The largest absolute Gasteiger partial charge is 0.398 e. The molecule has 0 fully saturated rings. The van der Waals surface area contributed by atoms with E-state index in [9.17, 15) is 0 Å². The van der Waals surface area contributed by atoms with Crippen LogP contribution in [-0.2, 0) is 6.42 Å². The van der Waals surface area contributed by atoms with Crippen LogP contribution in [0.2, 0.25) is 5.02 Å². The number of aromatic nitrogens is 1. The molecule has 112 valence electrons. The molecule has 0 amide bonds. The summed E-state index contributed by atoms with van der Waals surface area (Å²) in [6.07, 6.45) is 4.46. The molecular formula is C16H20ClN3S. The number of likely N-dealkylation sites (N-methyl/N-ethyl adjacent to an activating group) is 1. The van der Waals surface area contributed by atoms with Gasteiger partial charge in [-0.2, -0.15) is 0 Å². The van der Waals surface area contributed by atoms with Gasteiger partial charge in [-0.3, -0.25) is 4.98 Å². The number of hydrogen-bond donors (Lipinski definition) is 2. The molecule has 0 radical (unpaired) electrons. The number of nitrogens with zero attached hydrogens (tertiary/aromatic N) is 1. The van der Waals surface area contributed by atoms with Crippen molar-refractivity contribution in [2.45, 2.75) is 24.3 Å². The van der Waals surface area contributed by atoms with Crippen LogP contribution < -0.4 is 11.1 Å². The summed E-state index contributed by atoms with van der Waals surface area (Å²) in [5, 5.41) is 4.28. The van der Waals surface area contributed by atoms with E-state index in [0.29, 0.717) is 6.04 Å². The minimum Gasteiger partial charge on any atom is -0.398 e. The van der Waals surface area contributed by atoms with Gasteiger partial charge in [-0.05, 0) is 48.9 Å². The molecule has 2 aromatic rings. The Kier molecular flexibility index (Phi) is 6.36. The first-order valence-corrected chi connectivity index (χ1v) is 8.35. The highest BCUT2D eigenvalue weighted by Gasteiger charge is 2.11. The number of nitrogens with one attached hydrogen (secondary N) is 1. The molecule has 21 heavy (non-hydrogen) atoms. The number of nitrogens with two attached hydrogens (primary N) is 1. The summed E-state index contributed by atoms with van der Waals surface area (Å²) in [7, 11) is 0. The first-order valence-electron chi connectivity index (χ1n) is 6.99. The molecule has 0 spiro atoms. The summed E-state index contributed by atoms with van der Waals surface area (Å²) < 4.78 is 0. The first-order chi connectivity index (χ1) is 10.2. The summed E-state index contributed by atoms with van der Waals surface area (Å²) in [4.78, 5) is 5.38. The lowest BCUT2D eigenvalue weighted by molar-refractivity contribution is 0.572. The molecule has 0 bridgehead atoms. The van der Waals surface area contributed by atoms with E-state index in [1.165, 1.54) is 4.90 Å². The zero-order chi connectivity index (χ0) is 15.1. The summed E-state index contributed by atoms with van der Waals surface area (Å²) >= 11 is 7.73. The fourth-order valence-electron chi connectivity index (χ4n) is 2.08. The van der Waals surface area contributed by atoms with E-state index in [1.54, 1.807) is 6.20 Å². The number of anilines is 1. The molecule has 1 unspecified atom stereocenters. The zero-order valence-corrected chi connectivity index (χ0v) is 13.6. The van der Waals surface area contributed by atoms with Crippen LogP contribution in [0.15, 0.2) is 47.6 Å². The molecule has 0 saturated heterocycles. The van der Waals surface area contributed by atoms with Gasteiger partial charge in [0.25, 0.3) is 0 Å². The third-order valence-electron chi connectivity index (χ3n) is 3.17. The second-order valence-corrected chi connectivity index (χ2v) is 6.33. The van der Waals surface area contributed by atoms with Crippen molar-refractivity contribution in [1.29, 1.82) is 0 Å². The molecule has 2 rings (SSSR count). The summed E-state index contributed by atoms with van der Waals surface area (Å²) in [6.45, 7) is 3.05. The SMILES string of the molecule is CCNC(CSc1ccc(Cl)cc1)Cc1cnccc1N. The molecule has 1 heterocycles. The average Bonchev–Trinajstić information content (AvgIpc) is 2.49. The predicted molar refractivity (Wildman–Crippen MR) is 92.0 cm³/mol. The molecular weight excluding hydrogens is 302 g/mol. The topological polar surface area (TPSA) is 50.9 Å². The van der Waals surface area contributed by atoms with Gasteiger partial charge in [0.2, 0.25) is 0 Å². The number of rotatable bonds is 7. The number of halogens is 1. The van der Waals surface area contributed by atoms with E-state index >= 15 is 0 Å². The maximum absolute atomic E-state index is 6.00. The van der Waals surface area contributed by atoms with Crippen molar-refractivity contribution < 1.29 is 0 Å². The van der Waals surface area contributed by atoms with Crippen LogP contribution in [0.3, 0.4) is 0 Å². The third kappa shape index (κ3) is 5.23. The molecule has 0 aliphatic carbocycles. The monoisotopic (exact) mass is 321 g/mol. The van der Waals surface area contributed by atoms with Crippen LogP contribution in [0.5, 0.6) is 0 Å². The van der Waals surface area contributed by atoms with Gasteiger partial charge >= 0.3 is 0 Å². The number of nitrogen functional groups attached to an aromatic ring is 1. The average molecular weight is 322 g/mol. The van der Waals surface area contributed by atoms with E-state index in [1.807, 2.05) is 36.2 Å². The summed E-state index contributed by atoms with van der Waals surface area (Å²) in [5.74, 6) is 0.976. The van der Waals surface area contributed by atoms with Crippen LogP contribution in [0.1, 0.15) is 12.5 Å². The van der Waals surface area contributed by atoms with Crippen LogP contribution in [0.4, 0.5) is 5.69 Å². The third-order valence-corrected chi connectivity index (χ3v) is 4.59. The Morgan fingerprint density at radius 1 is 1.29 bits per heavy atom. The van der Waals surface area contributed by atoms with Crippen molar-refractivity contribution in [1.82, 2.24) is 10.3 Å². The summed E-state index contributed by atoms with van der Waals surface area (Å²) in [6, 6.07) is 10.2. The summed E-state index contributed by atoms with van der Waals surface area (Å²) in [5.41, 5.74) is 7.91. The van der Waals surface area contributed by atoms with E-state index in [4.69, 9.17) is 17.3 Å². The van der Waals surface area contributed by atoms with Crippen molar-refractivity contribution in [3.05, 3.63) is 53.3 Å². The minimum atomic E-state index is 0.363. The van der Waals surface area contributed by atoms with Crippen molar-refractivity contribution in [3.8, 4) is 0 Å². The van der Waals surface area contributed by atoms with Gasteiger partial charge in [0.15, 0.2) is 0 Å². The molecule has 5 heteroatoms. The van der Waals surface area contributed by atoms with Crippen molar-refractivity contribution in [3.63, 3.8) is 0 Å². The molecule has 0 saturated carbocycles. The Labute approximate surface area is 135 Å². The molecule has 1 aromatic heterocycles. The highest BCUT2D eigenvalue weighted by atomic mass is 35.5. The minimum absolute atomic E-state index is 0.363. The molecule has 1 aromatic carbocycles. The van der Waals surface area contributed by atoms with Gasteiger partial charge < -0.3 is 11.1 Å². The molecule has 3 N–H and O–H groups in total. The molecule has 1 atom stereocenters. The highest BCUT2D eigenvalue weighted by Crippen LogP contribution is 2.22. The predicted octanol–water partition coefficient (Wildman–Crippen LogP) is 3.63. The Hall–Kier alpha value is -1.23. The van der Waals surface area contributed by atoms with Crippen molar-refractivity contribution in [2.24, 2.45) is 0 Å². The van der Waals surface area contributed by atoms with Gasteiger partial charge in [0.1, 0.15) is 0 Å². The standard InChI is InChI=1S/C16H20ClN3S/c1-2-20-14(9-12-10-19-8-7-16(12)18)11-21-15-5-3-13(17)4-6-15/h3-8,10,14,20H,2,9,11H2,1H3,(H2,18,19). The number of thioether (sulfide) groups is 1. The second kappa shape index (κ2) is 8.27. The second-order valence-electron chi connectivity index (χ2n) is 4.80. The van der Waals surface area contributed by atoms with Crippen molar-refractivity contribution in [2.75, 3.05) is 18.0 Å². The highest BCUT2D eigenvalue weighted by molar-refractivity contribution is 7.99. The zero-order valence-electron chi connectivity index (χ0n) is 12.1. The Morgan fingerprint density at radius 2 is 2.05 bits per heavy atom. The maximum atomic E-state index is 6.00. The van der Waals surface area contributed by atoms with Gasteiger partial charge in [-0.1, -0.05) is 18.5 Å². The lowest BCUT2D eigenvalue weighted by Gasteiger charge is -2.18. The smallest absolute Gasteiger partial charge is 0.0406 e. The first kappa shape index (κ1) is 16.1. The van der Waals surface area contributed by atoms with E-state index in [0.717, 1.165) is 35.0 Å². The van der Waals surface area contributed by atoms with Crippen LogP contribution in [0.25, 0.3) is 0 Å². The Morgan fingerprint density at radius 3 is 2.71 bits per heavy atom. The maximum Gasteiger partial charge on any atom is 0.0406 e. The fourth-order valence-corrected chi connectivity index (χ4v) is 3.16. The number of benzene rings is 1. The molecule has 3 nitrogen and oxygen atoms in total. The van der Waals surface area contributed by atoms with Gasteiger partial charge in [-0.15, -0.1) is 11.8 Å². The van der Waals surface area contributed by atoms with Gasteiger partial charge in [0.05, 0.1) is 0 Å². The van der Waals surface area contributed by atoms with Crippen LogP contribution in [-0.4, -0.2) is 23.3 Å². The number of hydrogen-bond acceptors (Lipinski definition) is 4. The van der Waals surface area contributed by atoms with E-state index in [2.05, 4.69) is 29.4 Å². The number of pyridine rings is 1. The Balaban J connectivity index is 1.95. The molecule has 0 aliphatic rings. The van der Waals surface area contributed by atoms with Crippen molar-refractivity contribution >= 4 is 29.1 Å². The van der Waals surface area contributed by atoms with Gasteiger partial charge in [0, 0.05) is 39.8 Å². The van der Waals surface area contributed by atoms with Crippen LogP contribution >= 0.6 is 23.4 Å². The lowest BCUT2D eigenvalue weighted by atomic mass is 10.1.